The first-order valence-electron chi connectivity index (χ1n) is 6.42. The molecule has 0 aliphatic rings. The highest BCUT2D eigenvalue weighted by atomic mass is 35.5. The Balaban J connectivity index is 2.81. The van der Waals surface area contributed by atoms with Crippen molar-refractivity contribution in [2.45, 2.75) is 38.6 Å². The fourth-order valence-corrected chi connectivity index (χ4v) is 2.20. The van der Waals surface area contributed by atoms with E-state index in [4.69, 9.17) is 17.3 Å². The fourth-order valence-electron chi connectivity index (χ4n) is 1.97. The van der Waals surface area contributed by atoms with Gasteiger partial charge in [-0.05, 0) is 25.0 Å². The Morgan fingerprint density at radius 3 is 2.53 bits per heavy atom. The lowest BCUT2D eigenvalue weighted by molar-refractivity contribution is -0.122. The van der Waals surface area contributed by atoms with Crippen LogP contribution in [-0.2, 0) is 11.2 Å². The summed E-state index contributed by atoms with van der Waals surface area (Å²) in [6.45, 7) is 4.29. The van der Waals surface area contributed by atoms with Crippen molar-refractivity contribution in [2.24, 2.45) is 5.73 Å². The van der Waals surface area contributed by atoms with Crippen LogP contribution in [-0.4, -0.2) is 18.0 Å². The maximum atomic E-state index is 13.6. The molecule has 0 saturated carbocycles. The summed E-state index contributed by atoms with van der Waals surface area (Å²) in [4.78, 5) is 12.0. The molecule has 0 saturated heterocycles. The van der Waals surface area contributed by atoms with Crippen LogP contribution in [0.4, 0.5) is 4.39 Å². The summed E-state index contributed by atoms with van der Waals surface area (Å²) in [5, 5.41) is 3.16. The number of nitrogens with one attached hydrogen (secondary N) is 1. The highest BCUT2D eigenvalue weighted by molar-refractivity contribution is 6.31. The van der Waals surface area contributed by atoms with E-state index in [0.717, 1.165) is 12.8 Å². The summed E-state index contributed by atoms with van der Waals surface area (Å²) < 4.78 is 13.6. The number of hydrogen-bond acceptors (Lipinski definition) is 2. The van der Waals surface area contributed by atoms with Crippen molar-refractivity contribution in [1.82, 2.24) is 5.32 Å². The van der Waals surface area contributed by atoms with Crippen LogP contribution in [0.5, 0.6) is 0 Å². The van der Waals surface area contributed by atoms with Gasteiger partial charge in [-0.15, -0.1) is 0 Å². The van der Waals surface area contributed by atoms with Crippen molar-refractivity contribution in [1.29, 1.82) is 0 Å². The van der Waals surface area contributed by atoms with E-state index in [1.54, 1.807) is 6.07 Å². The summed E-state index contributed by atoms with van der Waals surface area (Å²) in [5.74, 6) is -0.727. The number of carbonyl (C=O) groups excluding carboxylic acids is 1. The Hall–Kier alpha value is -1.13. The first-order valence-corrected chi connectivity index (χ1v) is 6.79. The Morgan fingerprint density at radius 1 is 1.42 bits per heavy atom. The van der Waals surface area contributed by atoms with E-state index in [2.05, 4.69) is 5.32 Å². The van der Waals surface area contributed by atoms with Gasteiger partial charge in [0.05, 0.1) is 12.0 Å². The van der Waals surface area contributed by atoms with Crippen molar-refractivity contribution in [3.8, 4) is 0 Å². The molecule has 106 valence electrons. The normalized spacial score (nSPS) is 11.4. The van der Waals surface area contributed by atoms with Gasteiger partial charge < -0.3 is 11.1 Å². The van der Waals surface area contributed by atoms with E-state index in [1.165, 1.54) is 12.1 Å². The molecule has 0 bridgehead atoms. The standard InChI is InChI=1S/C14H20ClFN2O/c1-3-14(4-2,9-17)18-13(19)8-10-11(15)6-5-7-12(10)16/h5-7H,3-4,8-9,17H2,1-2H3,(H,18,19). The van der Waals surface area contributed by atoms with Crippen LogP contribution in [0, 0.1) is 5.82 Å². The highest BCUT2D eigenvalue weighted by Gasteiger charge is 2.26. The van der Waals surface area contributed by atoms with Crippen LogP contribution in [0.25, 0.3) is 0 Å². The van der Waals surface area contributed by atoms with E-state index in [0.29, 0.717) is 6.54 Å². The summed E-state index contributed by atoms with van der Waals surface area (Å²) in [6.07, 6.45) is 1.39. The minimum absolute atomic E-state index is 0.0761. The van der Waals surface area contributed by atoms with E-state index >= 15 is 0 Å². The molecular formula is C14H20ClFN2O. The number of amides is 1. The molecule has 3 nitrogen and oxygen atoms in total. The van der Waals surface area contributed by atoms with Crippen molar-refractivity contribution in [3.05, 3.63) is 34.6 Å². The molecule has 3 N–H and O–H groups in total. The van der Waals surface area contributed by atoms with Gasteiger partial charge in [0.1, 0.15) is 5.82 Å². The number of carbonyl (C=O) groups is 1. The zero-order valence-corrected chi connectivity index (χ0v) is 12.1. The lowest BCUT2D eigenvalue weighted by atomic mass is 9.92. The number of rotatable bonds is 6. The third-order valence-electron chi connectivity index (χ3n) is 3.55. The van der Waals surface area contributed by atoms with E-state index in [1.807, 2.05) is 13.8 Å². The van der Waals surface area contributed by atoms with Crippen LogP contribution in [0.3, 0.4) is 0 Å². The lowest BCUT2D eigenvalue weighted by Gasteiger charge is -2.31. The Kier molecular flexibility index (Phi) is 5.76. The molecule has 1 amide bonds. The first kappa shape index (κ1) is 15.9. The van der Waals surface area contributed by atoms with Crippen molar-refractivity contribution >= 4 is 17.5 Å². The topological polar surface area (TPSA) is 55.1 Å². The predicted octanol–water partition coefficient (Wildman–Crippen LogP) is 2.66. The summed E-state index contributed by atoms with van der Waals surface area (Å²) in [7, 11) is 0. The van der Waals surface area contributed by atoms with Gasteiger partial charge >= 0.3 is 0 Å². The van der Waals surface area contributed by atoms with Gasteiger partial charge in [0.2, 0.25) is 5.91 Å². The lowest BCUT2D eigenvalue weighted by Crippen LogP contribution is -2.53. The number of hydrogen-bond donors (Lipinski definition) is 2. The average Bonchev–Trinajstić information content (AvgIpc) is 2.41. The van der Waals surface area contributed by atoms with Gasteiger partial charge in [-0.1, -0.05) is 31.5 Å². The quantitative estimate of drug-likeness (QED) is 0.845. The third kappa shape index (κ3) is 3.91. The van der Waals surface area contributed by atoms with Crippen LogP contribution in [0.15, 0.2) is 18.2 Å². The molecule has 1 aromatic rings. The molecule has 0 aliphatic carbocycles. The van der Waals surface area contributed by atoms with Crippen LogP contribution in [0.2, 0.25) is 5.02 Å². The molecule has 0 spiro atoms. The zero-order chi connectivity index (χ0) is 14.5. The molecule has 5 heteroatoms. The molecule has 1 aromatic carbocycles. The SMILES string of the molecule is CCC(CC)(CN)NC(=O)Cc1c(F)cccc1Cl. The Morgan fingerprint density at radius 2 is 2.05 bits per heavy atom. The van der Waals surface area contributed by atoms with Crippen LogP contribution >= 0.6 is 11.6 Å². The molecule has 0 aliphatic heterocycles. The smallest absolute Gasteiger partial charge is 0.225 e. The number of benzene rings is 1. The highest BCUT2D eigenvalue weighted by Crippen LogP contribution is 2.20. The fraction of sp³-hybridized carbons (Fsp3) is 0.500. The molecule has 0 fully saturated rings. The molecule has 0 heterocycles. The minimum atomic E-state index is -0.464. The van der Waals surface area contributed by atoms with Crippen LogP contribution < -0.4 is 11.1 Å². The van der Waals surface area contributed by atoms with Gasteiger partial charge in [-0.2, -0.15) is 0 Å². The predicted molar refractivity (Wildman–Crippen MR) is 75.6 cm³/mol. The molecule has 0 aromatic heterocycles. The monoisotopic (exact) mass is 286 g/mol. The minimum Gasteiger partial charge on any atom is -0.349 e. The molecule has 0 atom stereocenters. The average molecular weight is 287 g/mol. The molecule has 19 heavy (non-hydrogen) atoms. The summed E-state index contributed by atoms with van der Waals surface area (Å²) in [5.41, 5.74) is 5.52. The second-order valence-corrected chi connectivity index (χ2v) is 5.02. The van der Waals surface area contributed by atoms with Crippen molar-refractivity contribution in [3.63, 3.8) is 0 Å². The molecule has 0 radical (unpaired) electrons. The second kappa shape index (κ2) is 6.87. The summed E-state index contributed by atoms with van der Waals surface area (Å²) in [6, 6.07) is 4.38. The summed E-state index contributed by atoms with van der Waals surface area (Å²) >= 11 is 5.90. The zero-order valence-electron chi connectivity index (χ0n) is 11.3. The number of halogens is 2. The largest absolute Gasteiger partial charge is 0.349 e. The third-order valence-corrected chi connectivity index (χ3v) is 3.90. The molecule has 1 rings (SSSR count). The van der Waals surface area contributed by atoms with Gasteiger partial charge in [0.15, 0.2) is 0 Å². The van der Waals surface area contributed by atoms with Crippen molar-refractivity contribution < 1.29 is 9.18 Å². The van der Waals surface area contributed by atoms with Gasteiger partial charge in [0.25, 0.3) is 0 Å². The van der Waals surface area contributed by atoms with Gasteiger partial charge in [-0.3, -0.25) is 4.79 Å². The molecule has 0 unspecified atom stereocenters. The van der Waals surface area contributed by atoms with Gasteiger partial charge in [-0.25, -0.2) is 4.39 Å². The molecular weight excluding hydrogens is 267 g/mol. The number of nitrogens with two attached hydrogens (primary N) is 1. The Labute approximate surface area is 118 Å². The van der Waals surface area contributed by atoms with Crippen molar-refractivity contribution in [2.75, 3.05) is 6.54 Å². The van der Waals surface area contributed by atoms with E-state index < -0.39 is 11.4 Å². The van der Waals surface area contributed by atoms with Crippen LogP contribution in [0.1, 0.15) is 32.3 Å². The van der Waals surface area contributed by atoms with Gasteiger partial charge in [0, 0.05) is 17.1 Å². The first-order chi connectivity index (χ1) is 8.98. The maximum Gasteiger partial charge on any atom is 0.225 e. The second-order valence-electron chi connectivity index (χ2n) is 4.62. The Bertz CT molecular complexity index is 419. The van der Waals surface area contributed by atoms with E-state index in [9.17, 15) is 9.18 Å². The maximum absolute atomic E-state index is 13.6. The van der Waals surface area contributed by atoms with E-state index in [-0.39, 0.29) is 22.9 Å².